The maximum atomic E-state index is 5.46. The van der Waals surface area contributed by atoms with Gasteiger partial charge in [0.1, 0.15) is 0 Å². The van der Waals surface area contributed by atoms with Gasteiger partial charge in [0.25, 0.3) is 0 Å². The second kappa shape index (κ2) is 14.1. The molecule has 0 saturated carbocycles. The number of hydrogen-bond acceptors (Lipinski definition) is 1. The van der Waals surface area contributed by atoms with Crippen LogP contribution >= 0.6 is 0 Å². The predicted octanol–water partition coefficient (Wildman–Crippen LogP) is 8.00. The van der Waals surface area contributed by atoms with Crippen LogP contribution in [-0.2, 0) is 6.42 Å². The van der Waals surface area contributed by atoms with Crippen LogP contribution in [0.15, 0.2) is 90.7 Å². The lowest BCUT2D eigenvalue weighted by molar-refractivity contribution is 0.600. The average molecular weight is 402 g/mol. The number of hydrogen-bond donors (Lipinski definition) is 1. The Morgan fingerprint density at radius 1 is 1.13 bits per heavy atom. The van der Waals surface area contributed by atoms with E-state index in [9.17, 15) is 0 Å². The standard InChI is InChI=1S/C21H23N.C5H10.C3H6/c1-7-18-8-10-20-19(13-18)9-11-21(20)22-17(6)16(5)12-15(4)14(2)3;1-4-5(2)3;1-3-2/h1,8,10,12-13,21-22H,2,5-6,9,11H2,3-4H3;4H,1-3H3;3H,1H2,2H3/b15-12+;;. The van der Waals surface area contributed by atoms with Crippen LogP contribution in [0, 0.1) is 12.3 Å². The zero-order chi connectivity index (χ0) is 23.3. The smallest absolute Gasteiger partial charge is 0.0519 e. The molecule has 1 aliphatic rings. The van der Waals surface area contributed by atoms with Gasteiger partial charge in [0.15, 0.2) is 0 Å². The zero-order valence-corrected chi connectivity index (χ0v) is 19.9. The summed E-state index contributed by atoms with van der Waals surface area (Å²) in [6.07, 6.45) is 13.4. The van der Waals surface area contributed by atoms with Crippen molar-refractivity contribution in [1.29, 1.82) is 0 Å². The van der Waals surface area contributed by atoms with Crippen molar-refractivity contribution in [3.63, 3.8) is 0 Å². The Morgan fingerprint density at radius 3 is 2.17 bits per heavy atom. The molecule has 1 nitrogen and oxygen atoms in total. The van der Waals surface area contributed by atoms with Crippen LogP contribution in [0.2, 0.25) is 0 Å². The molecule has 1 N–H and O–H groups in total. The van der Waals surface area contributed by atoms with Gasteiger partial charge in [0.2, 0.25) is 0 Å². The Morgan fingerprint density at radius 2 is 1.70 bits per heavy atom. The number of aryl methyl sites for hydroxylation is 1. The first kappa shape index (κ1) is 27.0. The van der Waals surface area contributed by atoms with E-state index in [-0.39, 0.29) is 6.04 Å². The highest BCUT2D eigenvalue weighted by Gasteiger charge is 2.22. The average Bonchev–Trinajstić information content (AvgIpc) is 3.10. The summed E-state index contributed by atoms with van der Waals surface area (Å²) >= 11 is 0. The fourth-order valence-electron chi connectivity index (χ4n) is 2.63. The summed E-state index contributed by atoms with van der Waals surface area (Å²) in [6.45, 7) is 27.6. The summed E-state index contributed by atoms with van der Waals surface area (Å²) in [5, 5.41) is 3.50. The lowest BCUT2D eigenvalue weighted by Gasteiger charge is -2.18. The fourth-order valence-corrected chi connectivity index (χ4v) is 2.63. The third-order valence-electron chi connectivity index (χ3n) is 4.76. The molecule has 160 valence electrons. The number of nitrogens with one attached hydrogen (secondary N) is 1. The Hall–Kier alpha value is -2.98. The zero-order valence-electron chi connectivity index (χ0n) is 19.9. The van der Waals surface area contributed by atoms with Gasteiger partial charge < -0.3 is 5.32 Å². The summed E-state index contributed by atoms with van der Waals surface area (Å²) in [5.41, 5.74) is 8.90. The number of fused-ring (bicyclic) bond motifs is 1. The van der Waals surface area contributed by atoms with Crippen molar-refractivity contribution in [1.82, 2.24) is 5.32 Å². The minimum atomic E-state index is 0.282. The summed E-state index contributed by atoms with van der Waals surface area (Å²) in [6, 6.07) is 6.52. The van der Waals surface area contributed by atoms with Gasteiger partial charge >= 0.3 is 0 Å². The van der Waals surface area contributed by atoms with Gasteiger partial charge in [-0.2, -0.15) is 0 Å². The molecular weight excluding hydrogens is 362 g/mol. The molecule has 1 unspecified atom stereocenters. The summed E-state index contributed by atoms with van der Waals surface area (Å²) < 4.78 is 0. The molecule has 1 aliphatic carbocycles. The predicted molar refractivity (Wildman–Crippen MR) is 136 cm³/mol. The van der Waals surface area contributed by atoms with Crippen LogP contribution in [0.4, 0.5) is 0 Å². The van der Waals surface area contributed by atoms with E-state index in [4.69, 9.17) is 6.42 Å². The molecule has 1 heteroatoms. The van der Waals surface area contributed by atoms with Crippen LogP contribution in [0.3, 0.4) is 0 Å². The molecule has 0 saturated heterocycles. The minimum Gasteiger partial charge on any atom is -0.378 e. The van der Waals surface area contributed by atoms with Crippen molar-refractivity contribution >= 4 is 0 Å². The quantitative estimate of drug-likeness (QED) is 0.299. The Kier molecular flexibility index (Phi) is 12.7. The number of rotatable bonds is 5. The lowest BCUT2D eigenvalue weighted by Crippen LogP contribution is -2.18. The Balaban J connectivity index is 0.000000902. The van der Waals surface area contributed by atoms with Crippen LogP contribution in [-0.4, -0.2) is 0 Å². The molecule has 0 amide bonds. The maximum Gasteiger partial charge on any atom is 0.0519 e. The number of allylic oxidation sites excluding steroid dienone is 6. The Bertz CT molecular complexity index is 864. The first-order valence-corrected chi connectivity index (χ1v) is 10.4. The highest BCUT2D eigenvalue weighted by Crippen LogP contribution is 2.32. The van der Waals surface area contributed by atoms with Crippen molar-refractivity contribution in [2.75, 3.05) is 0 Å². The first-order valence-electron chi connectivity index (χ1n) is 10.4. The molecule has 0 aliphatic heterocycles. The van der Waals surface area contributed by atoms with Crippen molar-refractivity contribution in [3.05, 3.63) is 107 Å². The molecule has 0 radical (unpaired) electrons. The van der Waals surface area contributed by atoms with Gasteiger partial charge in [-0.1, -0.05) is 61.1 Å². The van der Waals surface area contributed by atoms with E-state index in [2.05, 4.69) is 69.6 Å². The van der Waals surface area contributed by atoms with E-state index in [1.165, 1.54) is 16.7 Å². The maximum absolute atomic E-state index is 5.46. The second-order valence-corrected chi connectivity index (χ2v) is 7.68. The van der Waals surface area contributed by atoms with Crippen molar-refractivity contribution in [2.24, 2.45) is 0 Å². The molecule has 0 spiro atoms. The van der Waals surface area contributed by atoms with Gasteiger partial charge in [-0.3, -0.25) is 0 Å². The second-order valence-electron chi connectivity index (χ2n) is 7.68. The van der Waals surface area contributed by atoms with Crippen molar-refractivity contribution in [2.45, 2.75) is 60.4 Å². The van der Waals surface area contributed by atoms with Crippen LogP contribution in [0.1, 0.15) is 70.7 Å². The third kappa shape index (κ3) is 9.48. The molecule has 0 bridgehead atoms. The summed E-state index contributed by atoms with van der Waals surface area (Å²) in [7, 11) is 0. The van der Waals surface area contributed by atoms with Crippen molar-refractivity contribution < 1.29 is 0 Å². The number of terminal acetylenes is 1. The largest absolute Gasteiger partial charge is 0.378 e. The molecule has 1 aromatic carbocycles. The molecule has 2 rings (SSSR count). The highest BCUT2D eigenvalue weighted by atomic mass is 14.9. The molecule has 1 aromatic rings. The van der Waals surface area contributed by atoms with Gasteiger partial charge in [0.05, 0.1) is 6.04 Å². The third-order valence-corrected chi connectivity index (χ3v) is 4.76. The normalized spacial score (nSPS) is 13.8. The molecular formula is C29H39N. The summed E-state index contributed by atoms with van der Waals surface area (Å²) in [4.78, 5) is 0. The van der Waals surface area contributed by atoms with E-state index in [1.807, 2.05) is 39.8 Å². The fraction of sp³-hybridized carbons (Fsp3) is 0.310. The minimum absolute atomic E-state index is 0.282. The van der Waals surface area contributed by atoms with E-state index in [0.29, 0.717) is 0 Å². The van der Waals surface area contributed by atoms with Gasteiger partial charge in [0, 0.05) is 11.3 Å². The van der Waals surface area contributed by atoms with Crippen LogP contribution in [0.5, 0.6) is 0 Å². The topological polar surface area (TPSA) is 12.0 Å². The molecule has 0 heterocycles. The highest BCUT2D eigenvalue weighted by molar-refractivity contribution is 5.45. The summed E-state index contributed by atoms with van der Waals surface area (Å²) in [5.74, 6) is 2.69. The Labute approximate surface area is 185 Å². The molecule has 0 aromatic heterocycles. The van der Waals surface area contributed by atoms with E-state index in [0.717, 1.165) is 40.8 Å². The molecule has 30 heavy (non-hydrogen) atoms. The van der Waals surface area contributed by atoms with Gasteiger partial charge in [-0.15, -0.1) is 13.0 Å². The molecule has 1 atom stereocenters. The van der Waals surface area contributed by atoms with Crippen LogP contribution < -0.4 is 5.32 Å². The van der Waals surface area contributed by atoms with Crippen molar-refractivity contribution in [3.8, 4) is 12.3 Å². The van der Waals surface area contributed by atoms with Crippen LogP contribution in [0.25, 0.3) is 0 Å². The number of benzene rings is 1. The monoisotopic (exact) mass is 401 g/mol. The van der Waals surface area contributed by atoms with E-state index >= 15 is 0 Å². The molecule has 0 fully saturated rings. The van der Waals surface area contributed by atoms with Gasteiger partial charge in [-0.05, 0) is 88.8 Å². The first-order chi connectivity index (χ1) is 14.1. The van der Waals surface area contributed by atoms with E-state index < -0.39 is 0 Å². The lowest BCUT2D eigenvalue weighted by atomic mass is 10.0. The van der Waals surface area contributed by atoms with E-state index in [1.54, 1.807) is 6.08 Å². The van der Waals surface area contributed by atoms with Gasteiger partial charge in [-0.25, -0.2) is 0 Å². The SMILES string of the molecule is C#Cc1ccc2c(c1)CCC2NC(=C)C(=C)/C=C(\C)C(=C)C.C=CC.CC=C(C)C.